The molecule has 0 spiro atoms. The molecule has 2 amide bonds. The lowest BCUT2D eigenvalue weighted by Crippen LogP contribution is -2.48. The van der Waals surface area contributed by atoms with E-state index in [4.69, 9.17) is 5.73 Å². The maximum absolute atomic E-state index is 12.6. The zero-order chi connectivity index (χ0) is 16.8. The molecular weight excluding hydrogens is 310 g/mol. The van der Waals surface area contributed by atoms with Crippen LogP contribution in [0, 0.1) is 0 Å². The van der Waals surface area contributed by atoms with E-state index in [9.17, 15) is 9.59 Å². The van der Waals surface area contributed by atoms with Crippen molar-refractivity contribution in [2.24, 2.45) is 5.73 Å². The third kappa shape index (κ3) is 4.48. The average Bonchev–Trinajstić information content (AvgIpc) is 2.96. The van der Waals surface area contributed by atoms with Crippen molar-refractivity contribution in [3.8, 4) is 0 Å². The molecule has 2 atom stereocenters. The number of amides is 2. The highest BCUT2D eigenvalue weighted by molar-refractivity contribution is 8.00. The van der Waals surface area contributed by atoms with Gasteiger partial charge in [-0.3, -0.25) is 9.59 Å². The third-order valence-electron chi connectivity index (χ3n) is 4.12. The second kappa shape index (κ2) is 8.36. The van der Waals surface area contributed by atoms with Crippen molar-refractivity contribution in [2.45, 2.75) is 37.2 Å². The molecule has 6 heteroatoms. The first-order valence-corrected chi connectivity index (χ1v) is 9.07. The first-order chi connectivity index (χ1) is 11.1. The van der Waals surface area contributed by atoms with Crippen molar-refractivity contribution in [1.29, 1.82) is 0 Å². The molecule has 0 bridgehead atoms. The standard InChI is InChI=1S/C17H25N3O2S/c1-3-19(4-2)17(22)15-10-13(18)11-20(15)16(21)12-23-14-8-6-5-7-9-14/h5-9,13,15H,3-4,10-12,18H2,1-2H3/t13-,15-/m0/s1. The zero-order valence-electron chi connectivity index (χ0n) is 13.8. The fourth-order valence-corrected chi connectivity index (χ4v) is 3.67. The van der Waals surface area contributed by atoms with Gasteiger partial charge in [-0.15, -0.1) is 11.8 Å². The van der Waals surface area contributed by atoms with Gasteiger partial charge >= 0.3 is 0 Å². The number of carbonyl (C=O) groups excluding carboxylic acids is 2. The van der Waals surface area contributed by atoms with Crippen LogP contribution in [-0.2, 0) is 9.59 Å². The summed E-state index contributed by atoms with van der Waals surface area (Å²) in [7, 11) is 0. The van der Waals surface area contributed by atoms with Gasteiger partial charge in [0.15, 0.2) is 0 Å². The van der Waals surface area contributed by atoms with E-state index in [1.54, 1.807) is 9.80 Å². The molecule has 126 valence electrons. The predicted molar refractivity (Wildman–Crippen MR) is 93.2 cm³/mol. The van der Waals surface area contributed by atoms with Crippen molar-refractivity contribution in [3.63, 3.8) is 0 Å². The van der Waals surface area contributed by atoms with Crippen molar-refractivity contribution < 1.29 is 9.59 Å². The molecule has 0 saturated carbocycles. The van der Waals surface area contributed by atoms with Gasteiger partial charge in [0.05, 0.1) is 5.75 Å². The van der Waals surface area contributed by atoms with E-state index >= 15 is 0 Å². The van der Waals surface area contributed by atoms with Crippen molar-refractivity contribution in [1.82, 2.24) is 9.80 Å². The average molecular weight is 335 g/mol. The fourth-order valence-electron chi connectivity index (χ4n) is 2.87. The summed E-state index contributed by atoms with van der Waals surface area (Å²) in [5, 5.41) is 0. The van der Waals surface area contributed by atoms with Gasteiger partial charge in [0.1, 0.15) is 6.04 Å². The highest BCUT2D eigenvalue weighted by atomic mass is 32.2. The lowest BCUT2D eigenvalue weighted by Gasteiger charge is -2.28. The van der Waals surface area contributed by atoms with E-state index in [-0.39, 0.29) is 17.9 Å². The van der Waals surface area contributed by atoms with Crippen molar-refractivity contribution in [2.75, 3.05) is 25.4 Å². The number of nitrogens with zero attached hydrogens (tertiary/aromatic N) is 2. The molecule has 1 aliphatic heterocycles. The molecule has 2 rings (SSSR count). The minimum absolute atomic E-state index is 0.0148. The Labute approximate surface area is 142 Å². The molecule has 1 aliphatic rings. The zero-order valence-corrected chi connectivity index (χ0v) is 14.6. The quantitative estimate of drug-likeness (QED) is 0.802. The summed E-state index contributed by atoms with van der Waals surface area (Å²) in [6.07, 6.45) is 0.553. The number of hydrogen-bond acceptors (Lipinski definition) is 4. The van der Waals surface area contributed by atoms with Gasteiger partial charge in [0, 0.05) is 30.6 Å². The summed E-state index contributed by atoms with van der Waals surface area (Å²) < 4.78 is 0. The van der Waals surface area contributed by atoms with Crippen LogP contribution in [0.15, 0.2) is 35.2 Å². The third-order valence-corrected chi connectivity index (χ3v) is 5.12. The molecule has 1 aromatic carbocycles. The van der Waals surface area contributed by atoms with Crippen LogP contribution in [0.1, 0.15) is 20.3 Å². The SMILES string of the molecule is CCN(CC)C(=O)[C@@H]1C[C@H](N)CN1C(=O)CSc1ccccc1. The second-order valence-electron chi connectivity index (χ2n) is 5.67. The summed E-state index contributed by atoms with van der Waals surface area (Å²) in [5.41, 5.74) is 6.01. The lowest BCUT2D eigenvalue weighted by atomic mass is 10.1. The normalized spacial score (nSPS) is 20.6. The molecule has 1 fully saturated rings. The lowest BCUT2D eigenvalue weighted by molar-refractivity contribution is -0.142. The minimum atomic E-state index is -0.409. The Morgan fingerprint density at radius 1 is 1.26 bits per heavy atom. The smallest absolute Gasteiger partial charge is 0.245 e. The van der Waals surface area contributed by atoms with Gasteiger partial charge in [-0.1, -0.05) is 18.2 Å². The van der Waals surface area contributed by atoms with Crippen LogP contribution in [0.4, 0.5) is 0 Å². The van der Waals surface area contributed by atoms with Gasteiger partial charge in [-0.2, -0.15) is 0 Å². The van der Waals surface area contributed by atoms with E-state index in [2.05, 4.69) is 0 Å². The van der Waals surface area contributed by atoms with Crippen molar-refractivity contribution >= 4 is 23.6 Å². The first kappa shape index (κ1) is 17.8. The van der Waals surface area contributed by atoms with E-state index in [1.807, 2.05) is 44.2 Å². The van der Waals surface area contributed by atoms with Crippen molar-refractivity contribution in [3.05, 3.63) is 30.3 Å². The Kier molecular flexibility index (Phi) is 6.47. The van der Waals surface area contributed by atoms with Crippen LogP contribution < -0.4 is 5.73 Å². The Morgan fingerprint density at radius 2 is 1.91 bits per heavy atom. The molecule has 0 unspecified atom stereocenters. The Bertz CT molecular complexity index is 534. The Morgan fingerprint density at radius 3 is 2.52 bits per heavy atom. The molecule has 23 heavy (non-hydrogen) atoms. The molecular formula is C17H25N3O2S. The van der Waals surface area contributed by atoms with Gasteiger partial charge < -0.3 is 15.5 Å². The number of benzene rings is 1. The van der Waals surface area contributed by atoms with Gasteiger partial charge in [-0.25, -0.2) is 0 Å². The van der Waals surface area contributed by atoms with E-state index in [0.717, 1.165) is 4.90 Å². The Hall–Kier alpha value is -1.53. The second-order valence-corrected chi connectivity index (χ2v) is 6.72. The molecule has 0 radical (unpaired) electrons. The number of rotatable bonds is 6. The maximum atomic E-state index is 12.6. The largest absolute Gasteiger partial charge is 0.341 e. The highest BCUT2D eigenvalue weighted by Gasteiger charge is 2.39. The van der Waals surface area contributed by atoms with Crippen LogP contribution in [0.25, 0.3) is 0 Å². The molecule has 1 saturated heterocycles. The summed E-state index contributed by atoms with van der Waals surface area (Å²) in [4.78, 5) is 29.7. The van der Waals surface area contributed by atoms with Crippen LogP contribution in [0.2, 0.25) is 0 Å². The molecule has 1 aromatic rings. The summed E-state index contributed by atoms with van der Waals surface area (Å²) in [5.74, 6) is 0.331. The number of likely N-dealkylation sites (tertiary alicyclic amines) is 1. The van der Waals surface area contributed by atoms with Crippen LogP contribution in [0.5, 0.6) is 0 Å². The molecule has 5 nitrogen and oxygen atoms in total. The van der Waals surface area contributed by atoms with Gasteiger partial charge in [0.2, 0.25) is 11.8 Å². The summed E-state index contributed by atoms with van der Waals surface area (Å²) >= 11 is 1.49. The van der Waals surface area contributed by atoms with Crippen LogP contribution >= 0.6 is 11.8 Å². The topological polar surface area (TPSA) is 66.6 Å². The summed E-state index contributed by atoms with van der Waals surface area (Å²) in [6, 6.07) is 9.28. The predicted octanol–water partition coefficient (Wildman–Crippen LogP) is 1.58. The minimum Gasteiger partial charge on any atom is -0.341 e. The number of thioether (sulfide) groups is 1. The van der Waals surface area contributed by atoms with Gasteiger partial charge in [-0.05, 0) is 32.4 Å². The molecule has 2 N–H and O–H groups in total. The monoisotopic (exact) mass is 335 g/mol. The fraction of sp³-hybridized carbons (Fsp3) is 0.529. The maximum Gasteiger partial charge on any atom is 0.245 e. The van der Waals surface area contributed by atoms with Crippen LogP contribution in [-0.4, -0.2) is 59.1 Å². The molecule has 0 aromatic heterocycles. The van der Waals surface area contributed by atoms with Gasteiger partial charge in [0.25, 0.3) is 0 Å². The van der Waals surface area contributed by atoms with E-state index < -0.39 is 6.04 Å². The Balaban J connectivity index is 2.00. The number of hydrogen-bond donors (Lipinski definition) is 1. The van der Waals surface area contributed by atoms with E-state index in [0.29, 0.717) is 31.8 Å². The van der Waals surface area contributed by atoms with Crippen LogP contribution in [0.3, 0.4) is 0 Å². The summed E-state index contributed by atoms with van der Waals surface area (Å²) in [6.45, 7) is 5.68. The highest BCUT2D eigenvalue weighted by Crippen LogP contribution is 2.23. The number of nitrogens with two attached hydrogens (primary N) is 1. The van der Waals surface area contributed by atoms with E-state index in [1.165, 1.54) is 11.8 Å². The first-order valence-electron chi connectivity index (χ1n) is 8.08. The number of likely N-dealkylation sites (N-methyl/N-ethyl adjacent to an activating group) is 1. The number of carbonyl (C=O) groups is 2. The molecule has 1 heterocycles. The molecule has 0 aliphatic carbocycles.